The Morgan fingerprint density at radius 2 is 1.75 bits per heavy atom. The minimum Gasteiger partial charge on any atom is -0.455 e. The molecule has 12 nitrogen and oxygen atoms in total. The fraction of sp³-hybridized carbons (Fsp3) is 0.829. The van der Waals surface area contributed by atoms with Crippen LogP contribution in [0, 0.1) is 35.5 Å². The second kappa shape index (κ2) is 13.7. The summed E-state index contributed by atoms with van der Waals surface area (Å²) in [7, 11) is 3.62. The number of rotatable bonds is 6. The van der Waals surface area contributed by atoms with Crippen molar-refractivity contribution < 1.29 is 52.4 Å². The van der Waals surface area contributed by atoms with Gasteiger partial charge in [0.1, 0.15) is 30.6 Å². The molecule has 4 aliphatic rings. The number of nitrogens with zero attached hydrogens (tertiary/aromatic N) is 1. The third-order valence-corrected chi connectivity index (χ3v) is 11.2. The number of Topliss-reactive ketones (excluding diaryl/α,β-unsaturated/α-hetero) is 2. The molecule has 4 fully saturated rings. The Labute approximate surface area is 283 Å². The van der Waals surface area contributed by atoms with Crippen molar-refractivity contribution in [2.45, 2.75) is 134 Å². The standard InChI is InChI=1S/C35H53FN2O10/c1-12-14-44-33(7)16-18(3)26(40)32(6)17-37-23-25(32)35(9,48-29(23)42)22(13-2)46-31(43)34(8,36)27(41)20(5)28(33)47-30-24(39)21(38(10)11)15-19(4)45-30/h1,18-25,28,30,37,39H,13-17H2,2-11H3/t18-,19-,20+,21+,22-,23?,24-,25?,28-,30+,32?,33+,34+,35-/m1/s1. The molecule has 0 aromatic heterocycles. The number of aliphatic hydroxyl groups excluding tert-OH is 1. The summed E-state index contributed by atoms with van der Waals surface area (Å²) in [6, 6.07) is -1.24. The van der Waals surface area contributed by atoms with E-state index in [9.17, 15) is 24.3 Å². The van der Waals surface area contributed by atoms with Crippen LogP contribution in [0.4, 0.5) is 4.39 Å². The lowest BCUT2D eigenvalue weighted by Gasteiger charge is -2.48. The van der Waals surface area contributed by atoms with Crippen LogP contribution in [0.3, 0.4) is 0 Å². The van der Waals surface area contributed by atoms with Gasteiger partial charge >= 0.3 is 11.9 Å². The maximum Gasteiger partial charge on any atom is 0.351 e. The maximum absolute atomic E-state index is 16.7. The molecule has 3 unspecified atom stereocenters. The van der Waals surface area contributed by atoms with E-state index in [4.69, 9.17) is 30.1 Å². The molecule has 0 amide bonds. The number of ether oxygens (including phenoxy) is 5. The molecule has 0 aromatic carbocycles. The van der Waals surface area contributed by atoms with Crippen LogP contribution in [-0.4, -0.2) is 120 Å². The van der Waals surface area contributed by atoms with Gasteiger partial charge in [-0.3, -0.25) is 14.4 Å². The summed E-state index contributed by atoms with van der Waals surface area (Å²) in [6.07, 6.45) is 0.840. The summed E-state index contributed by atoms with van der Waals surface area (Å²) in [5.41, 5.74) is -7.40. The monoisotopic (exact) mass is 680 g/mol. The minimum atomic E-state index is -3.17. The molecule has 0 spiro atoms. The fourth-order valence-electron chi connectivity index (χ4n) is 8.78. The van der Waals surface area contributed by atoms with Crippen LogP contribution in [0.2, 0.25) is 0 Å². The zero-order chi connectivity index (χ0) is 36.1. The molecule has 4 heterocycles. The van der Waals surface area contributed by atoms with E-state index in [0.717, 1.165) is 6.92 Å². The number of carbonyl (C=O) groups is 4. The molecule has 270 valence electrons. The Morgan fingerprint density at radius 1 is 1.10 bits per heavy atom. The summed E-state index contributed by atoms with van der Waals surface area (Å²) in [4.78, 5) is 57.4. The van der Waals surface area contributed by atoms with Crippen molar-refractivity contribution in [3.05, 3.63) is 0 Å². The molecule has 0 saturated carbocycles. The van der Waals surface area contributed by atoms with Gasteiger partial charge in [-0.05, 0) is 61.1 Å². The van der Waals surface area contributed by atoms with Crippen molar-refractivity contribution in [3.8, 4) is 12.3 Å². The predicted molar refractivity (Wildman–Crippen MR) is 171 cm³/mol. The molecule has 2 N–H and O–H groups in total. The van der Waals surface area contributed by atoms with Crippen LogP contribution in [-0.2, 0) is 42.9 Å². The summed E-state index contributed by atoms with van der Waals surface area (Å²) < 4.78 is 47.0. The Balaban J connectivity index is 1.88. The fourth-order valence-corrected chi connectivity index (χ4v) is 8.78. The highest BCUT2D eigenvalue weighted by atomic mass is 19.1. The lowest BCUT2D eigenvalue weighted by atomic mass is 9.62. The van der Waals surface area contributed by atoms with Gasteiger partial charge in [0.2, 0.25) is 0 Å². The molecule has 0 aliphatic carbocycles. The Kier molecular flexibility index (Phi) is 10.9. The first-order valence-corrected chi connectivity index (χ1v) is 16.9. The van der Waals surface area contributed by atoms with Crippen LogP contribution >= 0.6 is 0 Å². The van der Waals surface area contributed by atoms with Crippen molar-refractivity contribution in [3.63, 3.8) is 0 Å². The normalized spacial score (nSPS) is 47.2. The average Bonchev–Trinajstić information content (AvgIpc) is 3.52. The zero-order valence-corrected chi connectivity index (χ0v) is 29.8. The highest BCUT2D eigenvalue weighted by molar-refractivity contribution is 6.08. The van der Waals surface area contributed by atoms with Crippen molar-refractivity contribution in [2.75, 3.05) is 27.2 Å². The van der Waals surface area contributed by atoms with Crippen LogP contribution in [0.5, 0.6) is 0 Å². The summed E-state index contributed by atoms with van der Waals surface area (Å²) >= 11 is 0. The quantitative estimate of drug-likeness (QED) is 0.240. The number of hydrogen-bond donors (Lipinski definition) is 2. The first-order chi connectivity index (χ1) is 22.2. The highest BCUT2D eigenvalue weighted by Gasteiger charge is 2.69. The number of ketones is 2. The molecular weight excluding hydrogens is 627 g/mol. The SMILES string of the molecule is C#CCO[C@@]1(C)C[C@@H](C)C(=O)C2(C)CNC3C(=O)O[C@@](C)(C32)[C@@H](CC)OC(=O)[C@@](C)(F)C(=O)[C@H](C)[C@H]1O[C@@H]1O[C@H](C)C[C@H](N(C)C)[C@H]1O. The van der Waals surface area contributed by atoms with Gasteiger partial charge in [0.15, 0.2) is 17.7 Å². The van der Waals surface area contributed by atoms with Gasteiger partial charge in [-0.2, -0.15) is 0 Å². The number of hydrogen-bond acceptors (Lipinski definition) is 12. The number of alkyl halides is 1. The number of nitrogens with one attached hydrogen (secondary N) is 1. The van der Waals surface area contributed by atoms with Crippen molar-refractivity contribution in [1.29, 1.82) is 0 Å². The van der Waals surface area contributed by atoms with E-state index in [1.165, 1.54) is 6.92 Å². The van der Waals surface area contributed by atoms with Gasteiger partial charge in [0.05, 0.1) is 17.8 Å². The molecule has 0 bridgehead atoms. The van der Waals surface area contributed by atoms with E-state index in [-0.39, 0.29) is 43.9 Å². The molecule has 0 radical (unpaired) electrons. The topological polar surface area (TPSA) is 150 Å². The van der Waals surface area contributed by atoms with Gasteiger partial charge in [-0.25, -0.2) is 9.18 Å². The van der Waals surface area contributed by atoms with E-state index in [1.807, 2.05) is 25.9 Å². The van der Waals surface area contributed by atoms with Crippen LogP contribution in [0.25, 0.3) is 0 Å². The predicted octanol–water partition coefficient (Wildman–Crippen LogP) is 1.98. The second-order valence-electron chi connectivity index (χ2n) is 15.2. The number of aliphatic hydroxyl groups is 1. The van der Waals surface area contributed by atoms with Gasteiger partial charge in [-0.1, -0.05) is 33.6 Å². The number of esters is 2. The average molecular weight is 681 g/mol. The van der Waals surface area contributed by atoms with E-state index in [1.54, 1.807) is 34.6 Å². The Morgan fingerprint density at radius 3 is 2.33 bits per heavy atom. The first-order valence-electron chi connectivity index (χ1n) is 16.9. The zero-order valence-electron chi connectivity index (χ0n) is 29.8. The maximum atomic E-state index is 16.7. The largest absolute Gasteiger partial charge is 0.455 e. The summed E-state index contributed by atoms with van der Waals surface area (Å²) in [5, 5.41) is 14.5. The smallest absolute Gasteiger partial charge is 0.351 e. The van der Waals surface area contributed by atoms with Crippen LogP contribution in [0.15, 0.2) is 0 Å². The molecule has 13 heteroatoms. The van der Waals surface area contributed by atoms with Crippen molar-refractivity contribution in [1.82, 2.24) is 10.2 Å². The van der Waals surface area contributed by atoms with Gasteiger partial charge in [0, 0.05) is 35.8 Å². The van der Waals surface area contributed by atoms with Crippen molar-refractivity contribution >= 4 is 23.5 Å². The van der Waals surface area contributed by atoms with E-state index in [0.29, 0.717) is 6.42 Å². The molecule has 4 rings (SSSR count). The van der Waals surface area contributed by atoms with E-state index in [2.05, 4.69) is 11.2 Å². The van der Waals surface area contributed by atoms with Crippen molar-refractivity contribution in [2.24, 2.45) is 23.2 Å². The highest BCUT2D eigenvalue weighted by Crippen LogP contribution is 2.53. The third kappa shape index (κ3) is 6.44. The molecule has 4 saturated heterocycles. The van der Waals surface area contributed by atoms with E-state index >= 15 is 4.39 Å². The summed E-state index contributed by atoms with van der Waals surface area (Å²) in [6.45, 7) is 12.3. The van der Waals surface area contributed by atoms with Gasteiger partial charge in [0.25, 0.3) is 5.67 Å². The second-order valence-corrected chi connectivity index (χ2v) is 15.2. The summed E-state index contributed by atoms with van der Waals surface area (Å²) in [5.74, 6) is -3.98. The van der Waals surface area contributed by atoms with Crippen LogP contribution in [0.1, 0.15) is 74.7 Å². The number of carbonyl (C=O) groups excluding carboxylic acids is 4. The number of likely N-dealkylation sites (N-methyl/N-ethyl adjacent to an activating group) is 1. The lowest BCUT2D eigenvalue weighted by Crippen LogP contribution is -2.61. The molecular formula is C35H53FN2O10. The van der Waals surface area contributed by atoms with Gasteiger partial charge in [-0.15, -0.1) is 6.42 Å². The molecule has 14 atom stereocenters. The van der Waals surface area contributed by atoms with Crippen LogP contribution < -0.4 is 5.32 Å². The molecule has 48 heavy (non-hydrogen) atoms. The van der Waals surface area contributed by atoms with E-state index < -0.39 is 88.4 Å². The Bertz CT molecular complexity index is 1320. The number of terminal acetylenes is 1. The number of cyclic esters (lactones) is 1. The number of halogens is 1. The molecule has 0 aromatic rings. The molecule has 4 aliphatic heterocycles. The lowest BCUT2D eigenvalue weighted by molar-refractivity contribution is -0.296. The third-order valence-electron chi connectivity index (χ3n) is 11.2. The first kappa shape index (κ1) is 38.3. The Hall–Kier alpha value is -2.47. The minimum absolute atomic E-state index is 0.0472. The van der Waals surface area contributed by atoms with Gasteiger partial charge < -0.3 is 39.0 Å².